The van der Waals surface area contributed by atoms with Gasteiger partial charge in [0.05, 0.1) is 6.10 Å². The molecule has 1 atom stereocenters. The molecule has 1 saturated heterocycles. The van der Waals surface area contributed by atoms with Gasteiger partial charge < -0.3 is 4.74 Å². The number of ether oxygens (including phenoxy) is 1. The first kappa shape index (κ1) is 14.0. The second kappa shape index (κ2) is 5.79. The zero-order valence-electron chi connectivity index (χ0n) is 11.4. The summed E-state index contributed by atoms with van der Waals surface area (Å²) in [6, 6.07) is 3.45. The van der Waals surface area contributed by atoms with Gasteiger partial charge in [0.1, 0.15) is 4.90 Å². The quantitative estimate of drug-likeness (QED) is 0.803. The molecule has 2 aliphatic rings. The lowest BCUT2D eigenvalue weighted by Gasteiger charge is -2.23. The molecule has 0 N–H and O–H groups in total. The average Bonchev–Trinajstić information content (AvgIpc) is 3.15. The number of pyridine rings is 1. The van der Waals surface area contributed by atoms with E-state index >= 15 is 0 Å². The molecule has 1 aliphatic carbocycles. The highest BCUT2D eigenvalue weighted by molar-refractivity contribution is 7.89. The van der Waals surface area contributed by atoms with Gasteiger partial charge in [0.2, 0.25) is 10.0 Å². The molecule has 0 aromatic carbocycles. The van der Waals surface area contributed by atoms with E-state index in [-0.39, 0.29) is 12.1 Å². The molecule has 3 rings (SSSR count). The number of nitrogens with zero attached hydrogens (tertiary/aromatic N) is 2. The third kappa shape index (κ3) is 3.02. The van der Waals surface area contributed by atoms with Gasteiger partial charge in [-0.2, -0.15) is 4.31 Å². The predicted molar refractivity (Wildman–Crippen MR) is 74.7 cm³/mol. The minimum atomic E-state index is -3.41. The second-order valence-corrected chi connectivity index (χ2v) is 7.35. The average molecular weight is 296 g/mol. The monoisotopic (exact) mass is 296 g/mol. The molecular formula is C14H20N2O3S. The Balaban J connectivity index is 1.72. The van der Waals surface area contributed by atoms with E-state index in [9.17, 15) is 8.42 Å². The lowest BCUT2D eigenvalue weighted by molar-refractivity contribution is 0.0990. The molecule has 0 radical (unpaired) electrons. The van der Waals surface area contributed by atoms with E-state index in [2.05, 4.69) is 4.98 Å². The number of sulfonamides is 1. The van der Waals surface area contributed by atoms with Gasteiger partial charge in [0.25, 0.3) is 0 Å². The van der Waals surface area contributed by atoms with Crippen molar-refractivity contribution in [2.75, 3.05) is 13.2 Å². The summed E-state index contributed by atoms with van der Waals surface area (Å²) >= 11 is 0. The summed E-state index contributed by atoms with van der Waals surface area (Å²) in [6.07, 6.45) is 8.09. The highest BCUT2D eigenvalue weighted by atomic mass is 32.2. The maximum atomic E-state index is 12.7. The van der Waals surface area contributed by atoms with Gasteiger partial charge in [-0.1, -0.05) is 0 Å². The zero-order chi connectivity index (χ0) is 14.0. The van der Waals surface area contributed by atoms with Gasteiger partial charge in [-0.3, -0.25) is 4.98 Å². The number of hydrogen-bond acceptors (Lipinski definition) is 4. The van der Waals surface area contributed by atoms with Crippen LogP contribution in [0.4, 0.5) is 0 Å². The van der Waals surface area contributed by atoms with E-state index in [0.717, 1.165) is 38.7 Å². The maximum absolute atomic E-state index is 12.7. The van der Waals surface area contributed by atoms with Crippen LogP contribution in [0.2, 0.25) is 0 Å². The van der Waals surface area contributed by atoms with Crippen molar-refractivity contribution in [2.45, 2.75) is 49.1 Å². The van der Waals surface area contributed by atoms with Crippen LogP contribution < -0.4 is 0 Å². The topological polar surface area (TPSA) is 59.5 Å². The fourth-order valence-corrected chi connectivity index (χ4v) is 4.30. The van der Waals surface area contributed by atoms with Crippen molar-refractivity contribution in [2.24, 2.45) is 0 Å². The van der Waals surface area contributed by atoms with Crippen LogP contribution in [-0.2, 0) is 14.8 Å². The highest BCUT2D eigenvalue weighted by Gasteiger charge is 2.38. The van der Waals surface area contributed by atoms with Crippen LogP contribution in [0.25, 0.3) is 0 Å². The van der Waals surface area contributed by atoms with E-state index < -0.39 is 10.0 Å². The van der Waals surface area contributed by atoms with E-state index in [1.807, 2.05) is 0 Å². The van der Waals surface area contributed by atoms with Crippen molar-refractivity contribution >= 4 is 10.0 Å². The number of hydrogen-bond donors (Lipinski definition) is 0. The first-order valence-corrected chi connectivity index (χ1v) is 8.65. The predicted octanol–water partition coefficient (Wildman–Crippen LogP) is 1.80. The molecule has 20 heavy (non-hydrogen) atoms. The van der Waals surface area contributed by atoms with Gasteiger partial charge in [0.15, 0.2) is 0 Å². The summed E-state index contributed by atoms with van der Waals surface area (Å²) in [5.41, 5.74) is 0. The maximum Gasteiger partial charge on any atom is 0.244 e. The molecule has 6 heteroatoms. The van der Waals surface area contributed by atoms with E-state index in [0.29, 0.717) is 11.4 Å². The summed E-state index contributed by atoms with van der Waals surface area (Å²) in [4.78, 5) is 4.21. The van der Waals surface area contributed by atoms with Gasteiger partial charge >= 0.3 is 0 Å². The van der Waals surface area contributed by atoms with Gasteiger partial charge in [0, 0.05) is 31.6 Å². The number of aromatic nitrogens is 1. The van der Waals surface area contributed by atoms with Crippen LogP contribution in [0.1, 0.15) is 32.1 Å². The fourth-order valence-electron chi connectivity index (χ4n) is 2.64. The Bertz CT molecular complexity index is 537. The molecular weight excluding hydrogens is 276 g/mol. The molecule has 2 fully saturated rings. The Hall–Kier alpha value is -0.980. The Morgan fingerprint density at radius 1 is 1.35 bits per heavy atom. The van der Waals surface area contributed by atoms with Crippen LogP contribution >= 0.6 is 0 Å². The molecule has 0 spiro atoms. The number of rotatable bonds is 6. The van der Waals surface area contributed by atoms with E-state index in [4.69, 9.17) is 4.74 Å². The van der Waals surface area contributed by atoms with Crippen molar-refractivity contribution in [1.82, 2.24) is 9.29 Å². The van der Waals surface area contributed by atoms with Crippen LogP contribution in [0, 0.1) is 0 Å². The summed E-state index contributed by atoms with van der Waals surface area (Å²) in [5, 5.41) is 0. The van der Waals surface area contributed by atoms with Gasteiger partial charge in [-0.25, -0.2) is 8.42 Å². The van der Waals surface area contributed by atoms with E-state index in [1.165, 1.54) is 6.20 Å². The summed E-state index contributed by atoms with van der Waals surface area (Å²) in [7, 11) is -3.41. The largest absolute Gasteiger partial charge is 0.378 e. The third-order valence-electron chi connectivity index (χ3n) is 3.89. The van der Waals surface area contributed by atoms with Crippen LogP contribution in [0.5, 0.6) is 0 Å². The highest BCUT2D eigenvalue weighted by Crippen LogP contribution is 2.32. The molecule has 0 bridgehead atoms. The molecule has 5 nitrogen and oxygen atoms in total. The Kier molecular flexibility index (Phi) is 4.05. The lowest BCUT2D eigenvalue weighted by atomic mass is 10.2. The molecule has 1 aromatic rings. The van der Waals surface area contributed by atoms with Crippen molar-refractivity contribution in [3.8, 4) is 0 Å². The molecule has 1 saturated carbocycles. The van der Waals surface area contributed by atoms with Crippen LogP contribution in [0.15, 0.2) is 29.4 Å². The smallest absolute Gasteiger partial charge is 0.244 e. The Labute approximate surface area is 120 Å². The second-order valence-electron chi connectivity index (χ2n) is 5.46. The van der Waals surface area contributed by atoms with E-state index in [1.54, 1.807) is 22.6 Å². The minimum Gasteiger partial charge on any atom is -0.378 e. The summed E-state index contributed by atoms with van der Waals surface area (Å²) in [5.74, 6) is 0. The Morgan fingerprint density at radius 2 is 2.20 bits per heavy atom. The molecule has 0 unspecified atom stereocenters. The van der Waals surface area contributed by atoms with Crippen molar-refractivity contribution in [3.05, 3.63) is 24.5 Å². The zero-order valence-corrected chi connectivity index (χ0v) is 12.3. The molecule has 1 aromatic heterocycles. The van der Waals surface area contributed by atoms with Crippen molar-refractivity contribution in [1.29, 1.82) is 0 Å². The first-order valence-electron chi connectivity index (χ1n) is 7.21. The molecule has 1 aliphatic heterocycles. The van der Waals surface area contributed by atoms with Crippen LogP contribution in [0.3, 0.4) is 0 Å². The lowest BCUT2D eigenvalue weighted by Crippen LogP contribution is -2.35. The SMILES string of the molecule is O=S(=O)(c1cccnc1)N(CC[C@@H]1CCCO1)C1CC1. The molecule has 110 valence electrons. The normalized spacial score (nSPS) is 23.4. The molecule has 2 heterocycles. The fraction of sp³-hybridized carbons (Fsp3) is 0.643. The van der Waals surface area contributed by atoms with Crippen molar-refractivity contribution < 1.29 is 13.2 Å². The first-order chi connectivity index (χ1) is 9.68. The van der Waals surface area contributed by atoms with Crippen molar-refractivity contribution in [3.63, 3.8) is 0 Å². The molecule has 0 amide bonds. The van der Waals surface area contributed by atoms with Gasteiger partial charge in [-0.05, 0) is 44.2 Å². The minimum absolute atomic E-state index is 0.168. The van der Waals surface area contributed by atoms with Crippen LogP contribution in [-0.4, -0.2) is 43.0 Å². The third-order valence-corrected chi connectivity index (χ3v) is 5.83. The van der Waals surface area contributed by atoms with Gasteiger partial charge in [-0.15, -0.1) is 0 Å². The Morgan fingerprint density at radius 3 is 2.80 bits per heavy atom. The summed E-state index contributed by atoms with van der Waals surface area (Å²) in [6.45, 7) is 1.36. The summed E-state index contributed by atoms with van der Waals surface area (Å²) < 4.78 is 32.6. The standard InChI is InChI=1S/C14H20N2O3S/c17-20(18,14-4-1-8-15-11-14)16(12-5-6-12)9-7-13-3-2-10-19-13/h1,4,8,11-13H,2-3,5-7,9-10H2/t13-/m0/s1.